The van der Waals surface area contributed by atoms with Gasteiger partial charge in [0.15, 0.2) is 0 Å². The summed E-state index contributed by atoms with van der Waals surface area (Å²) >= 11 is 0. The smallest absolute Gasteiger partial charge is 0.370 e. The van der Waals surface area contributed by atoms with Gasteiger partial charge in [-0.3, -0.25) is 4.79 Å². The summed E-state index contributed by atoms with van der Waals surface area (Å²) in [5.74, 6) is 0.511. The number of rotatable bonds is 3. The molecule has 0 saturated carbocycles. The fourth-order valence-corrected chi connectivity index (χ4v) is 3.07. The van der Waals surface area contributed by atoms with Crippen molar-refractivity contribution in [3.63, 3.8) is 0 Å². The van der Waals surface area contributed by atoms with Crippen molar-refractivity contribution in [3.05, 3.63) is 53.7 Å². The lowest BCUT2D eigenvalue weighted by Crippen LogP contribution is -2.34. The second-order valence-electron chi connectivity index (χ2n) is 6.62. The Kier molecular flexibility index (Phi) is 5.15. The molecule has 1 aromatic carbocycles. The van der Waals surface area contributed by atoms with E-state index in [0.29, 0.717) is 11.7 Å². The van der Waals surface area contributed by atoms with E-state index in [4.69, 9.17) is 0 Å². The number of halogens is 3. The van der Waals surface area contributed by atoms with Crippen LogP contribution in [0, 0.1) is 5.92 Å². The van der Waals surface area contributed by atoms with Gasteiger partial charge in [-0.25, -0.2) is 4.98 Å². The first-order chi connectivity index (χ1) is 12.3. The summed E-state index contributed by atoms with van der Waals surface area (Å²) in [6.07, 6.45) is -0.336. The fraction of sp³-hybridized carbons (Fsp3) is 0.368. The number of pyridine rings is 1. The van der Waals surface area contributed by atoms with E-state index in [-0.39, 0.29) is 5.56 Å². The summed E-state index contributed by atoms with van der Waals surface area (Å²) < 4.78 is 37.7. The second kappa shape index (κ2) is 7.35. The van der Waals surface area contributed by atoms with Crippen molar-refractivity contribution in [2.24, 2.45) is 5.92 Å². The molecule has 1 aromatic heterocycles. The number of anilines is 2. The molecule has 1 N–H and O–H groups in total. The van der Waals surface area contributed by atoms with Crippen molar-refractivity contribution in [3.8, 4) is 0 Å². The van der Waals surface area contributed by atoms with Crippen LogP contribution < -0.4 is 10.2 Å². The van der Waals surface area contributed by atoms with Gasteiger partial charge in [-0.15, -0.1) is 0 Å². The zero-order valence-electron chi connectivity index (χ0n) is 14.4. The van der Waals surface area contributed by atoms with Crippen LogP contribution in [0.2, 0.25) is 0 Å². The molecule has 1 fully saturated rings. The number of amides is 1. The lowest BCUT2D eigenvalue weighted by molar-refractivity contribution is -0.137. The maximum atomic E-state index is 12.6. The monoisotopic (exact) mass is 363 g/mol. The molecule has 1 atom stereocenters. The van der Waals surface area contributed by atoms with E-state index in [1.807, 2.05) is 6.07 Å². The fourth-order valence-electron chi connectivity index (χ4n) is 3.07. The number of hydrogen-bond acceptors (Lipinski definition) is 3. The minimum absolute atomic E-state index is 0.147. The molecule has 0 bridgehead atoms. The molecular weight excluding hydrogens is 343 g/mol. The predicted molar refractivity (Wildman–Crippen MR) is 94.2 cm³/mol. The zero-order valence-corrected chi connectivity index (χ0v) is 14.4. The Labute approximate surface area is 150 Å². The van der Waals surface area contributed by atoms with Gasteiger partial charge in [0.25, 0.3) is 5.91 Å². The quantitative estimate of drug-likeness (QED) is 0.868. The third-order valence-electron chi connectivity index (χ3n) is 4.49. The van der Waals surface area contributed by atoms with E-state index in [1.165, 1.54) is 6.42 Å². The Morgan fingerprint density at radius 3 is 2.50 bits per heavy atom. The highest BCUT2D eigenvalue weighted by Crippen LogP contribution is 2.29. The average molecular weight is 363 g/mol. The lowest BCUT2D eigenvalue weighted by Gasteiger charge is -2.32. The molecule has 1 unspecified atom stereocenters. The number of nitrogens with one attached hydrogen (secondary N) is 1. The molecule has 0 radical (unpaired) electrons. The van der Waals surface area contributed by atoms with Crippen LogP contribution in [0.15, 0.2) is 42.6 Å². The molecule has 1 saturated heterocycles. The van der Waals surface area contributed by atoms with Gasteiger partial charge in [-0.2, -0.15) is 13.2 Å². The second-order valence-corrected chi connectivity index (χ2v) is 6.62. The van der Waals surface area contributed by atoms with Crippen LogP contribution in [0.4, 0.5) is 24.7 Å². The number of nitrogens with zero attached hydrogens (tertiary/aromatic N) is 2. The van der Waals surface area contributed by atoms with E-state index in [2.05, 4.69) is 22.1 Å². The predicted octanol–water partition coefficient (Wildman–Crippen LogP) is 4.59. The summed E-state index contributed by atoms with van der Waals surface area (Å²) in [4.78, 5) is 18.7. The highest BCUT2D eigenvalue weighted by molar-refractivity contribution is 6.03. The third-order valence-corrected chi connectivity index (χ3v) is 4.49. The number of piperidine rings is 1. The molecule has 0 spiro atoms. The van der Waals surface area contributed by atoms with Gasteiger partial charge in [0.2, 0.25) is 0 Å². The average Bonchev–Trinajstić information content (AvgIpc) is 2.62. The van der Waals surface area contributed by atoms with Crippen LogP contribution >= 0.6 is 0 Å². The highest BCUT2D eigenvalue weighted by atomic mass is 19.4. The first-order valence-corrected chi connectivity index (χ1v) is 8.52. The Hall–Kier alpha value is -2.57. The van der Waals surface area contributed by atoms with Crippen LogP contribution in [-0.4, -0.2) is 24.0 Å². The minimum Gasteiger partial charge on any atom is -0.370 e. The van der Waals surface area contributed by atoms with Crippen LogP contribution in [-0.2, 0) is 6.18 Å². The standard InChI is InChI=1S/C19H20F3N3O/c1-13-3-2-10-25(12-13)16-8-9-17(23-11-16)24-18(26)14-4-6-15(7-5-14)19(20,21)22/h4-9,11,13H,2-3,10,12H2,1H3,(H,23,24,26). The molecule has 1 amide bonds. The zero-order chi connectivity index (χ0) is 18.7. The van der Waals surface area contributed by atoms with Gasteiger partial charge in [-0.05, 0) is 55.2 Å². The van der Waals surface area contributed by atoms with Gasteiger partial charge in [0.1, 0.15) is 5.82 Å². The Balaban J connectivity index is 1.64. The van der Waals surface area contributed by atoms with Crippen molar-refractivity contribution in [1.29, 1.82) is 0 Å². The Morgan fingerprint density at radius 2 is 1.92 bits per heavy atom. The van der Waals surface area contributed by atoms with Gasteiger partial charge < -0.3 is 10.2 Å². The van der Waals surface area contributed by atoms with Crippen molar-refractivity contribution in [2.75, 3.05) is 23.3 Å². The molecule has 2 heterocycles. The van der Waals surface area contributed by atoms with E-state index in [0.717, 1.165) is 49.5 Å². The molecule has 0 aliphatic carbocycles. The van der Waals surface area contributed by atoms with Gasteiger partial charge in [0, 0.05) is 18.7 Å². The van der Waals surface area contributed by atoms with E-state index >= 15 is 0 Å². The summed E-state index contributed by atoms with van der Waals surface area (Å²) in [5.41, 5.74) is 0.366. The number of carbonyl (C=O) groups excluding carboxylic acids is 1. The molecular formula is C19H20F3N3O. The van der Waals surface area contributed by atoms with E-state index in [1.54, 1.807) is 12.3 Å². The maximum Gasteiger partial charge on any atom is 0.416 e. The minimum atomic E-state index is -4.42. The van der Waals surface area contributed by atoms with Crippen molar-refractivity contribution >= 4 is 17.4 Å². The first-order valence-electron chi connectivity index (χ1n) is 8.52. The number of benzene rings is 1. The topological polar surface area (TPSA) is 45.2 Å². The van der Waals surface area contributed by atoms with Gasteiger partial charge >= 0.3 is 6.18 Å². The molecule has 4 nitrogen and oxygen atoms in total. The number of hydrogen-bond donors (Lipinski definition) is 1. The summed E-state index contributed by atoms with van der Waals surface area (Å²) in [7, 11) is 0. The Morgan fingerprint density at radius 1 is 1.19 bits per heavy atom. The molecule has 1 aliphatic rings. The van der Waals surface area contributed by atoms with E-state index < -0.39 is 17.6 Å². The number of aromatic nitrogens is 1. The number of carbonyl (C=O) groups is 1. The van der Waals surface area contributed by atoms with E-state index in [9.17, 15) is 18.0 Å². The van der Waals surface area contributed by atoms with Gasteiger partial charge in [-0.1, -0.05) is 6.92 Å². The number of alkyl halides is 3. The SMILES string of the molecule is CC1CCCN(c2ccc(NC(=O)c3ccc(C(F)(F)F)cc3)nc2)C1. The summed E-state index contributed by atoms with van der Waals surface area (Å²) in [5, 5.41) is 2.61. The molecule has 3 rings (SSSR count). The van der Waals surface area contributed by atoms with Crippen molar-refractivity contribution in [2.45, 2.75) is 25.9 Å². The van der Waals surface area contributed by atoms with Crippen molar-refractivity contribution in [1.82, 2.24) is 4.98 Å². The third kappa shape index (κ3) is 4.33. The highest BCUT2D eigenvalue weighted by Gasteiger charge is 2.30. The molecule has 7 heteroatoms. The molecule has 138 valence electrons. The molecule has 26 heavy (non-hydrogen) atoms. The van der Waals surface area contributed by atoms with Crippen molar-refractivity contribution < 1.29 is 18.0 Å². The summed E-state index contributed by atoms with van der Waals surface area (Å²) in [6.45, 7) is 4.19. The van der Waals surface area contributed by atoms with Gasteiger partial charge in [0.05, 0.1) is 17.4 Å². The largest absolute Gasteiger partial charge is 0.416 e. The van der Waals surface area contributed by atoms with Crippen LogP contribution in [0.25, 0.3) is 0 Å². The maximum absolute atomic E-state index is 12.6. The van der Waals surface area contributed by atoms with Crippen LogP contribution in [0.5, 0.6) is 0 Å². The first kappa shape index (κ1) is 18.2. The normalized spacial score (nSPS) is 17.8. The van der Waals surface area contributed by atoms with Crippen LogP contribution in [0.1, 0.15) is 35.7 Å². The lowest BCUT2D eigenvalue weighted by atomic mass is 10.00. The Bertz CT molecular complexity index is 757. The van der Waals surface area contributed by atoms with Crippen LogP contribution in [0.3, 0.4) is 0 Å². The molecule has 1 aliphatic heterocycles. The summed E-state index contributed by atoms with van der Waals surface area (Å²) in [6, 6.07) is 7.69. The molecule has 2 aromatic rings.